The van der Waals surface area contributed by atoms with E-state index < -0.39 is 0 Å². The Kier molecular flexibility index (Phi) is 5.77. The topological polar surface area (TPSA) is 37.4 Å². The minimum atomic E-state index is 0.796. The van der Waals surface area contributed by atoms with E-state index >= 15 is 0 Å². The van der Waals surface area contributed by atoms with Crippen molar-refractivity contribution in [3.05, 3.63) is 17.7 Å². The summed E-state index contributed by atoms with van der Waals surface area (Å²) in [4.78, 5) is 6.80. The van der Waals surface area contributed by atoms with Crippen LogP contribution in [0.1, 0.15) is 19.4 Å². The number of hydrogen-bond acceptors (Lipinski definition) is 4. The number of anilines is 2. The molecule has 0 saturated carbocycles. The van der Waals surface area contributed by atoms with Gasteiger partial charge < -0.3 is 15.0 Å². The first kappa shape index (κ1) is 13.8. The Morgan fingerprint density at radius 2 is 1.88 bits per heavy atom. The second kappa shape index (κ2) is 7.12. The standard InChI is InChI=1S/C11H17N3O.C2H6/c1-9-7-10(12-2)13-11(8-9)14-3-5-15-6-4-14;1-2/h7-8H,3-6H2,1-2H3,(H,12,13);1-2H3. The van der Waals surface area contributed by atoms with Crippen LogP contribution in [0.2, 0.25) is 0 Å². The molecule has 1 saturated heterocycles. The van der Waals surface area contributed by atoms with Gasteiger partial charge in [-0.25, -0.2) is 4.98 Å². The van der Waals surface area contributed by atoms with Crippen molar-refractivity contribution in [2.45, 2.75) is 20.8 Å². The normalized spacial score (nSPS) is 14.9. The summed E-state index contributed by atoms with van der Waals surface area (Å²) >= 11 is 0. The highest BCUT2D eigenvalue weighted by Gasteiger charge is 2.12. The third-order valence-corrected chi connectivity index (χ3v) is 2.55. The minimum Gasteiger partial charge on any atom is -0.378 e. The number of hydrogen-bond donors (Lipinski definition) is 1. The van der Waals surface area contributed by atoms with Gasteiger partial charge in [0.05, 0.1) is 13.2 Å². The van der Waals surface area contributed by atoms with Crippen LogP contribution >= 0.6 is 0 Å². The van der Waals surface area contributed by atoms with Crippen molar-refractivity contribution in [2.75, 3.05) is 43.6 Å². The predicted molar refractivity (Wildman–Crippen MR) is 72.9 cm³/mol. The van der Waals surface area contributed by atoms with Crippen LogP contribution in [0.4, 0.5) is 11.6 Å². The van der Waals surface area contributed by atoms with Gasteiger partial charge in [0.2, 0.25) is 0 Å². The number of nitrogens with one attached hydrogen (secondary N) is 1. The van der Waals surface area contributed by atoms with E-state index in [0.29, 0.717) is 0 Å². The van der Waals surface area contributed by atoms with Crippen LogP contribution in [0, 0.1) is 6.92 Å². The summed E-state index contributed by atoms with van der Waals surface area (Å²) in [6.07, 6.45) is 0. The number of pyridine rings is 1. The van der Waals surface area contributed by atoms with E-state index in [2.05, 4.69) is 28.2 Å². The molecule has 1 N–H and O–H groups in total. The minimum absolute atomic E-state index is 0.796. The van der Waals surface area contributed by atoms with Crippen LogP contribution in [0.5, 0.6) is 0 Å². The molecule has 1 aliphatic heterocycles. The second-order valence-electron chi connectivity index (χ2n) is 3.74. The Morgan fingerprint density at radius 3 is 2.47 bits per heavy atom. The lowest BCUT2D eigenvalue weighted by atomic mass is 10.2. The lowest BCUT2D eigenvalue weighted by molar-refractivity contribution is 0.122. The average Bonchev–Trinajstić information content (AvgIpc) is 2.41. The molecular formula is C13H23N3O. The molecule has 1 aliphatic rings. The number of aromatic nitrogens is 1. The molecule has 0 bridgehead atoms. The van der Waals surface area contributed by atoms with Gasteiger partial charge in [0.15, 0.2) is 0 Å². The van der Waals surface area contributed by atoms with Crippen LogP contribution in [0.3, 0.4) is 0 Å². The van der Waals surface area contributed by atoms with Gasteiger partial charge in [-0.15, -0.1) is 0 Å². The van der Waals surface area contributed by atoms with E-state index in [-0.39, 0.29) is 0 Å². The maximum Gasteiger partial charge on any atom is 0.131 e. The first-order chi connectivity index (χ1) is 8.29. The molecule has 0 spiro atoms. The van der Waals surface area contributed by atoms with Crippen molar-refractivity contribution < 1.29 is 4.74 Å². The van der Waals surface area contributed by atoms with E-state index in [9.17, 15) is 0 Å². The fourth-order valence-corrected chi connectivity index (χ4v) is 1.73. The molecule has 1 fully saturated rings. The monoisotopic (exact) mass is 237 g/mol. The van der Waals surface area contributed by atoms with Crippen molar-refractivity contribution in [1.29, 1.82) is 0 Å². The average molecular weight is 237 g/mol. The van der Waals surface area contributed by atoms with Gasteiger partial charge in [-0.3, -0.25) is 0 Å². The zero-order valence-corrected chi connectivity index (χ0v) is 11.3. The zero-order valence-electron chi connectivity index (χ0n) is 11.3. The van der Waals surface area contributed by atoms with E-state index in [1.165, 1.54) is 5.56 Å². The van der Waals surface area contributed by atoms with Crippen molar-refractivity contribution >= 4 is 11.6 Å². The van der Waals surface area contributed by atoms with Crippen LogP contribution in [-0.2, 0) is 4.74 Å². The Balaban J connectivity index is 0.000000686. The summed E-state index contributed by atoms with van der Waals surface area (Å²) in [5.74, 6) is 1.97. The Labute approximate surface area is 104 Å². The van der Waals surface area contributed by atoms with E-state index in [4.69, 9.17) is 4.74 Å². The van der Waals surface area contributed by atoms with Crippen LogP contribution in [0.15, 0.2) is 12.1 Å². The molecule has 17 heavy (non-hydrogen) atoms. The molecule has 96 valence electrons. The first-order valence-corrected chi connectivity index (χ1v) is 6.29. The summed E-state index contributed by atoms with van der Waals surface area (Å²) < 4.78 is 5.32. The highest BCUT2D eigenvalue weighted by molar-refractivity contribution is 5.50. The fourth-order valence-electron chi connectivity index (χ4n) is 1.73. The highest BCUT2D eigenvalue weighted by atomic mass is 16.5. The zero-order chi connectivity index (χ0) is 12.7. The molecule has 0 radical (unpaired) electrons. The Hall–Kier alpha value is -1.29. The Bertz CT molecular complexity index is 335. The van der Waals surface area contributed by atoms with Gasteiger partial charge in [0, 0.05) is 20.1 Å². The van der Waals surface area contributed by atoms with E-state index in [0.717, 1.165) is 37.9 Å². The molecule has 0 aliphatic carbocycles. The molecule has 2 rings (SSSR count). The molecule has 0 atom stereocenters. The molecule has 0 unspecified atom stereocenters. The summed E-state index contributed by atoms with van der Waals surface area (Å²) in [6.45, 7) is 9.54. The number of ether oxygens (including phenoxy) is 1. The van der Waals surface area contributed by atoms with Crippen LogP contribution < -0.4 is 10.2 Å². The summed E-state index contributed by atoms with van der Waals surface area (Å²) in [6, 6.07) is 4.16. The lowest BCUT2D eigenvalue weighted by Crippen LogP contribution is -2.36. The maximum absolute atomic E-state index is 5.32. The first-order valence-electron chi connectivity index (χ1n) is 6.29. The van der Waals surface area contributed by atoms with Crippen molar-refractivity contribution in [2.24, 2.45) is 0 Å². The van der Waals surface area contributed by atoms with Crippen molar-refractivity contribution in [3.8, 4) is 0 Å². The summed E-state index contributed by atoms with van der Waals surface area (Å²) in [5, 5.41) is 3.08. The summed E-state index contributed by atoms with van der Waals surface area (Å²) in [7, 11) is 1.89. The highest BCUT2D eigenvalue weighted by Crippen LogP contribution is 2.18. The number of morpholine rings is 1. The number of nitrogens with zero attached hydrogens (tertiary/aromatic N) is 2. The Morgan fingerprint density at radius 1 is 1.24 bits per heavy atom. The van der Waals surface area contributed by atoms with Crippen LogP contribution in [-0.4, -0.2) is 38.3 Å². The smallest absolute Gasteiger partial charge is 0.131 e. The van der Waals surface area contributed by atoms with Gasteiger partial charge in [0.1, 0.15) is 11.6 Å². The molecule has 2 heterocycles. The second-order valence-corrected chi connectivity index (χ2v) is 3.74. The molecule has 4 heteroatoms. The van der Waals surface area contributed by atoms with Gasteiger partial charge >= 0.3 is 0 Å². The quantitative estimate of drug-likeness (QED) is 0.856. The molecule has 1 aromatic rings. The molecule has 0 amide bonds. The van der Waals surface area contributed by atoms with Crippen LogP contribution in [0.25, 0.3) is 0 Å². The maximum atomic E-state index is 5.32. The third-order valence-electron chi connectivity index (χ3n) is 2.55. The predicted octanol–water partition coefficient (Wildman–Crippen LogP) is 2.29. The van der Waals surface area contributed by atoms with Crippen molar-refractivity contribution in [3.63, 3.8) is 0 Å². The van der Waals surface area contributed by atoms with Gasteiger partial charge in [-0.2, -0.15) is 0 Å². The van der Waals surface area contributed by atoms with Gasteiger partial charge in [-0.1, -0.05) is 13.8 Å². The van der Waals surface area contributed by atoms with Crippen molar-refractivity contribution in [1.82, 2.24) is 4.98 Å². The third kappa shape index (κ3) is 3.89. The number of aryl methyl sites for hydroxylation is 1. The van der Waals surface area contributed by atoms with E-state index in [1.54, 1.807) is 0 Å². The van der Waals surface area contributed by atoms with Gasteiger partial charge in [-0.05, 0) is 24.6 Å². The fraction of sp³-hybridized carbons (Fsp3) is 0.615. The number of rotatable bonds is 2. The molecular weight excluding hydrogens is 214 g/mol. The lowest BCUT2D eigenvalue weighted by Gasteiger charge is -2.28. The molecule has 1 aromatic heterocycles. The molecule has 4 nitrogen and oxygen atoms in total. The SMILES string of the molecule is CC.CNc1cc(C)cc(N2CCOCC2)n1. The van der Waals surface area contributed by atoms with Gasteiger partial charge in [0.25, 0.3) is 0 Å². The summed E-state index contributed by atoms with van der Waals surface area (Å²) in [5.41, 5.74) is 1.23. The molecule has 0 aromatic carbocycles. The largest absolute Gasteiger partial charge is 0.378 e. The van der Waals surface area contributed by atoms with E-state index in [1.807, 2.05) is 27.0 Å².